The van der Waals surface area contributed by atoms with Gasteiger partial charge >= 0.3 is 0 Å². The van der Waals surface area contributed by atoms with E-state index in [0.29, 0.717) is 29.0 Å². The summed E-state index contributed by atoms with van der Waals surface area (Å²) in [4.78, 5) is 23.1. The van der Waals surface area contributed by atoms with E-state index < -0.39 is 0 Å². The first kappa shape index (κ1) is 26.1. The Morgan fingerprint density at radius 2 is 1.95 bits per heavy atom. The Morgan fingerprint density at radius 3 is 2.67 bits per heavy atom. The van der Waals surface area contributed by atoms with E-state index in [2.05, 4.69) is 35.5 Å². The lowest BCUT2D eigenvalue weighted by atomic mass is 9.95. The summed E-state index contributed by atoms with van der Waals surface area (Å²) in [5.74, 6) is 1.20. The van der Waals surface area contributed by atoms with Gasteiger partial charge in [-0.15, -0.1) is 21.5 Å². The summed E-state index contributed by atoms with van der Waals surface area (Å²) >= 11 is 1.35. The third-order valence-electron chi connectivity index (χ3n) is 7.87. The summed E-state index contributed by atoms with van der Waals surface area (Å²) in [5, 5.41) is 19.7. The summed E-state index contributed by atoms with van der Waals surface area (Å²) in [5.41, 5.74) is 11.8. The maximum Gasteiger partial charge on any atom is 0.251 e. The fraction of sp³-hybridized carbons (Fsp3) is 0.267. The predicted molar refractivity (Wildman–Crippen MR) is 160 cm³/mol. The zero-order valence-corrected chi connectivity index (χ0v) is 23.6. The molecule has 7 rings (SSSR count). The molecule has 2 aromatic carbocycles. The molecule has 12 heteroatoms. The van der Waals surface area contributed by atoms with Crippen LogP contribution in [-0.4, -0.2) is 41.1 Å². The first-order chi connectivity index (χ1) is 20.6. The highest BCUT2D eigenvalue weighted by molar-refractivity contribution is 7.13. The minimum Gasteiger partial charge on any atom is -0.472 e. The smallest absolute Gasteiger partial charge is 0.251 e. The standard InChI is InChI=1S/C30H29N9O2S/c31-30-34-25(17-42-30)23(14-18-6-8-19(9-7-18)27-35-37-38-36-27)33-29(40)20-10-11-26-24(15-20)32-28(21-12-13-41-16-21)39(26)22-4-2-1-3-5-22/h6-13,15-17,22-23H,1-5,14H2,(H2,31,34)(H,33,40)(H,35,36,37,38)/t23-/m0/s1. The first-order valence-electron chi connectivity index (χ1n) is 14.0. The van der Waals surface area contributed by atoms with Gasteiger partial charge in [-0.05, 0) is 54.3 Å². The number of tetrazole rings is 1. The molecule has 0 unspecified atom stereocenters. The lowest BCUT2D eigenvalue weighted by Gasteiger charge is -2.25. The second kappa shape index (κ2) is 11.2. The van der Waals surface area contributed by atoms with E-state index >= 15 is 0 Å². The Bertz CT molecular complexity index is 1800. The maximum atomic E-state index is 13.7. The van der Waals surface area contributed by atoms with Crippen LogP contribution in [0.2, 0.25) is 0 Å². The molecule has 1 saturated carbocycles. The Balaban J connectivity index is 1.17. The number of thiazole rings is 1. The van der Waals surface area contributed by atoms with Gasteiger partial charge in [0.15, 0.2) is 5.13 Å². The van der Waals surface area contributed by atoms with Crippen molar-refractivity contribution in [1.29, 1.82) is 0 Å². The van der Waals surface area contributed by atoms with Crippen LogP contribution in [0.1, 0.15) is 65.8 Å². The molecule has 0 spiro atoms. The number of hydrogen-bond donors (Lipinski definition) is 3. The van der Waals surface area contributed by atoms with E-state index in [1.807, 2.05) is 53.9 Å². The average molecular weight is 580 g/mol. The third-order valence-corrected chi connectivity index (χ3v) is 8.56. The lowest BCUT2D eigenvalue weighted by molar-refractivity contribution is 0.0936. The van der Waals surface area contributed by atoms with Crippen LogP contribution in [0, 0.1) is 0 Å². The summed E-state index contributed by atoms with van der Waals surface area (Å²) in [6.45, 7) is 0. The van der Waals surface area contributed by atoms with E-state index in [0.717, 1.165) is 52.1 Å². The number of amides is 1. The molecule has 4 aromatic heterocycles. The van der Waals surface area contributed by atoms with E-state index in [1.54, 1.807) is 12.5 Å². The van der Waals surface area contributed by atoms with Crippen LogP contribution in [0.3, 0.4) is 0 Å². The number of furan rings is 1. The number of nitrogens with zero attached hydrogens (tertiary/aromatic N) is 6. The van der Waals surface area contributed by atoms with Crippen molar-refractivity contribution in [2.45, 2.75) is 50.6 Å². The van der Waals surface area contributed by atoms with Crippen LogP contribution in [0.25, 0.3) is 33.8 Å². The fourth-order valence-electron chi connectivity index (χ4n) is 5.79. The highest BCUT2D eigenvalue weighted by atomic mass is 32.1. The highest BCUT2D eigenvalue weighted by Crippen LogP contribution is 2.36. The highest BCUT2D eigenvalue weighted by Gasteiger charge is 2.24. The molecule has 6 aromatic rings. The molecule has 0 bridgehead atoms. The Hall–Kier alpha value is -4.84. The van der Waals surface area contributed by atoms with Crippen molar-refractivity contribution in [2.75, 3.05) is 5.73 Å². The number of nitrogens with two attached hydrogens (primary N) is 1. The minimum absolute atomic E-state index is 0.200. The van der Waals surface area contributed by atoms with Gasteiger partial charge in [0.25, 0.3) is 5.91 Å². The quantitative estimate of drug-likeness (QED) is 0.206. The number of rotatable bonds is 8. The van der Waals surface area contributed by atoms with Crippen molar-refractivity contribution >= 4 is 33.4 Å². The van der Waals surface area contributed by atoms with Crippen LogP contribution in [0.5, 0.6) is 0 Å². The average Bonchev–Trinajstić information content (AvgIpc) is 3.84. The molecule has 1 aliphatic carbocycles. The molecule has 42 heavy (non-hydrogen) atoms. The maximum absolute atomic E-state index is 13.7. The molecule has 0 saturated heterocycles. The Morgan fingerprint density at radius 1 is 1.10 bits per heavy atom. The molecule has 1 amide bonds. The van der Waals surface area contributed by atoms with Crippen molar-refractivity contribution in [3.05, 3.63) is 83.3 Å². The number of H-pyrrole nitrogens is 1. The monoisotopic (exact) mass is 579 g/mol. The second-order valence-electron chi connectivity index (χ2n) is 10.6. The number of hydrogen-bond acceptors (Lipinski definition) is 9. The molecule has 212 valence electrons. The normalized spacial score (nSPS) is 14.8. The lowest BCUT2D eigenvalue weighted by Crippen LogP contribution is -2.30. The van der Waals surface area contributed by atoms with Crippen LogP contribution in [0.15, 0.2) is 70.9 Å². The molecule has 1 aliphatic rings. The number of fused-ring (bicyclic) bond motifs is 1. The van der Waals surface area contributed by atoms with Crippen molar-refractivity contribution in [1.82, 2.24) is 40.5 Å². The number of carbonyl (C=O) groups excluding carboxylic acids is 1. The third kappa shape index (κ3) is 5.16. The zero-order valence-electron chi connectivity index (χ0n) is 22.7. The molecular weight excluding hydrogens is 550 g/mol. The van der Waals surface area contributed by atoms with Gasteiger partial charge in [-0.25, -0.2) is 9.97 Å². The summed E-state index contributed by atoms with van der Waals surface area (Å²) in [6.07, 6.45) is 9.85. The van der Waals surface area contributed by atoms with Gasteiger partial charge < -0.3 is 20.0 Å². The minimum atomic E-state index is -0.376. The number of anilines is 1. The number of benzene rings is 2. The SMILES string of the molecule is Nc1nc([C@H](Cc2ccc(-c3nn[nH]n3)cc2)NC(=O)c2ccc3c(c2)nc(-c2ccoc2)n3C2CCCCC2)cs1. The molecule has 1 atom stereocenters. The van der Waals surface area contributed by atoms with E-state index in [1.165, 1.54) is 30.6 Å². The van der Waals surface area contributed by atoms with Gasteiger partial charge in [0.05, 0.1) is 34.6 Å². The van der Waals surface area contributed by atoms with Crippen LogP contribution in [-0.2, 0) is 6.42 Å². The van der Waals surface area contributed by atoms with E-state index in [-0.39, 0.29) is 11.9 Å². The van der Waals surface area contributed by atoms with Crippen LogP contribution >= 0.6 is 11.3 Å². The van der Waals surface area contributed by atoms with Gasteiger partial charge in [-0.1, -0.05) is 43.5 Å². The van der Waals surface area contributed by atoms with Gasteiger partial charge in [-0.2, -0.15) is 5.21 Å². The molecule has 4 heterocycles. The fourth-order valence-corrected chi connectivity index (χ4v) is 6.40. The number of nitrogen functional groups attached to an aromatic ring is 1. The number of imidazole rings is 1. The van der Waals surface area contributed by atoms with Gasteiger partial charge in [0.1, 0.15) is 12.1 Å². The van der Waals surface area contributed by atoms with Gasteiger partial charge in [-0.3, -0.25) is 4.79 Å². The Labute approximate surface area is 245 Å². The molecule has 4 N–H and O–H groups in total. The Kier molecular flexibility index (Phi) is 6.96. The van der Waals surface area contributed by atoms with Gasteiger partial charge in [0, 0.05) is 22.5 Å². The molecule has 0 radical (unpaired) electrons. The predicted octanol–water partition coefficient (Wildman–Crippen LogP) is 5.73. The largest absolute Gasteiger partial charge is 0.472 e. The van der Waals surface area contributed by atoms with Crippen LogP contribution < -0.4 is 11.1 Å². The van der Waals surface area contributed by atoms with Crippen molar-refractivity contribution in [3.63, 3.8) is 0 Å². The molecular formula is C30H29N9O2S. The number of nitrogens with one attached hydrogen (secondary N) is 2. The van der Waals surface area contributed by atoms with E-state index in [9.17, 15) is 4.79 Å². The molecule has 1 fully saturated rings. The van der Waals surface area contributed by atoms with Crippen molar-refractivity contribution in [3.8, 4) is 22.8 Å². The topological polar surface area (TPSA) is 153 Å². The van der Waals surface area contributed by atoms with E-state index in [4.69, 9.17) is 15.1 Å². The summed E-state index contributed by atoms with van der Waals surface area (Å²) < 4.78 is 7.72. The number of aromatic amines is 1. The molecule has 11 nitrogen and oxygen atoms in total. The summed E-state index contributed by atoms with van der Waals surface area (Å²) in [6, 6.07) is 15.5. The van der Waals surface area contributed by atoms with Crippen molar-refractivity contribution < 1.29 is 9.21 Å². The number of aromatic nitrogens is 7. The second-order valence-corrected chi connectivity index (χ2v) is 11.5. The first-order valence-corrected chi connectivity index (χ1v) is 14.9. The van der Waals surface area contributed by atoms with Gasteiger partial charge in [0.2, 0.25) is 5.82 Å². The van der Waals surface area contributed by atoms with Crippen molar-refractivity contribution in [2.24, 2.45) is 0 Å². The number of carbonyl (C=O) groups is 1. The molecule has 0 aliphatic heterocycles. The zero-order chi connectivity index (χ0) is 28.5. The summed E-state index contributed by atoms with van der Waals surface area (Å²) in [7, 11) is 0. The van der Waals surface area contributed by atoms with Crippen LogP contribution in [0.4, 0.5) is 5.13 Å².